The average molecular weight is 277 g/mol. The smallest absolute Gasteiger partial charge is 0.0598 e. The van der Waals surface area contributed by atoms with Crippen molar-refractivity contribution >= 4 is 0 Å². The highest BCUT2D eigenvalue weighted by atomic mass is 16.5. The number of ether oxygens (including phenoxy) is 1. The summed E-state index contributed by atoms with van der Waals surface area (Å²) >= 11 is 0. The van der Waals surface area contributed by atoms with Crippen molar-refractivity contribution in [3.05, 3.63) is 35.4 Å². The van der Waals surface area contributed by atoms with E-state index in [0.717, 1.165) is 32.5 Å². The summed E-state index contributed by atoms with van der Waals surface area (Å²) in [6, 6.07) is 8.90. The van der Waals surface area contributed by atoms with Crippen LogP contribution >= 0.6 is 0 Å². The monoisotopic (exact) mass is 277 g/mol. The molecule has 0 amide bonds. The zero-order chi connectivity index (χ0) is 15.0. The molecule has 1 N–H and O–H groups in total. The minimum Gasteiger partial charge on any atom is -0.376 e. The Labute approximate surface area is 124 Å². The van der Waals surface area contributed by atoms with Gasteiger partial charge in [0, 0.05) is 6.61 Å². The highest BCUT2D eigenvalue weighted by molar-refractivity contribution is 5.21. The molecule has 1 atom stereocenters. The number of nitrogens with one attached hydrogen (secondary N) is 1. The highest BCUT2D eigenvalue weighted by Gasteiger charge is 2.13. The molecule has 0 saturated heterocycles. The van der Waals surface area contributed by atoms with Crippen LogP contribution in [0.1, 0.15) is 45.2 Å². The number of rotatable bonds is 8. The molecule has 1 aromatic rings. The first kappa shape index (κ1) is 17.2. The van der Waals surface area contributed by atoms with Gasteiger partial charge in [0.2, 0.25) is 0 Å². The van der Waals surface area contributed by atoms with Gasteiger partial charge in [-0.2, -0.15) is 0 Å². The molecule has 0 bridgehead atoms. The third-order valence-electron chi connectivity index (χ3n) is 3.39. The van der Waals surface area contributed by atoms with E-state index in [9.17, 15) is 0 Å². The predicted octanol–water partition coefficient (Wildman–Crippen LogP) is 3.97. The summed E-state index contributed by atoms with van der Waals surface area (Å²) in [4.78, 5) is 0. The number of benzene rings is 1. The molecular formula is C18H31NO. The number of hydrogen-bond donors (Lipinski definition) is 1. The second-order valence-corrected chi connectivity index (χ2v) is 6.61. The molecule has 20 heavy (non-hydrogen) atoms. The third-order valence-corrected chi connectivity index (χ3v) is 3.39. The molecule has 2 heteroatoms. The van der Waals surface area contributed by atoms with Crippen molar-refractivity contribution in [2.24, 2.45) is 5.92 Å². The van der Waals surface area contributed by atoms with Crippen molar-refractivity contribution in [1.82, 2.24) is 5.32 Å². The fourth-order valence-electron chi connectivity index (χ4n) is 2.21. The molecule has 0 aliphatic rings. The van der Waals surface area contributed by atoms with E-state index in [1.807, 2.05) is 0 Å². The van der Waals surface area contributed by atoms with Gasteiger partial charge in [-0.25, -0.2) is 0 Å². The SMILES string of the molecule is CCNCC(CCOC(C)(C)C)Cc1ccc(C)cc1. The van der Waals surface area contributed by atoms with Crippen LogP contribution in [0.4, 0.5) is 0 Å². The summed E-state index contributed by atoms with van der Waals surface area (Å²) in [6.45, 7) is 13.6. The maximum absolute atomic E-state index is 5.87. The van der Waals surface area contributed by atoms with Crippen LogP contribution in [0.3, 0.4) is 0 Å². The third kappa shape index (κ3) is 7.66. The van der Waals surface area contributed by atoms with Crippen molar-refractivity contribution in [2.75, 3.05) is 19.7 Å². The first-order valence-electron chi connectivity index (χ1n) is 7.81. The fourth-order valence-corrected chi connectivity index (χ4v) is 2.21. The molecule has 0 fully saturated rings. The quantitative estimate of drug-likeness (QED) is 0.776. The molecule has 0 aliphatic carbocycles. The van der Waals surface area contributed by atoms with Gasteiger partial charge in [0.05, 0.1) is 5.60 Å². The summed E-state index contributed by atoms with van der Waals surface area (Å²) in [5.41, 5.74) is 2.72. The van der Waals surface area contributed by atoms with Gasteiger partial charge >= 0.3 is 0 Å². The van der Waals surface area contributed by atoms with E-state index in [1.165, 1.54) is 11.1 Å². The van der Waals surface area contributed by atoms with Gasteiger partial charge in [-0.05, 0) is 65.1 Å². The van der Waals surface area contributed by atoms with Gasteiger partial charge in [-0.3, -0.25) is 0 Å². The van der Waals surface area contributed by atoms with Crippen LogP contribution in [0.15, 0.2) is 24.3 Å². The van der Waals surface area contributed by atoms with Gasteiger partial charge in [-0.15, -0.1) is 0 Å². The van der Waals surface area contributed by atoms with Crippen LogP contribution in [-0.4, -0.2) is 25.3 Å². The Hall–Kier alpha value is -0.860. The van der Waals surface area contributed by atoms with Crippen LogP contribution < -0.4 is 5.32 Å². The molecule has 114 valence electrons. The standard InChI is InChI=1S/C18H31NO/c1-6-19-14-17(11-12-20-18(3,4)5)13-16-9-7-15(2)8-10-16/h7-10,17,19H,6,11-14H2,1-5H3. The normalized spacial score (nSPS) is 13.4. The van der Waals surface area contributed by atoms with Crippen LogP contribution in [0.5, 0.6) is 0 Å². The van der Waals surface area contributed by atoms with Crippen molar-refractivity contribution in [3.8, 4) is 0 Å². The molecule has 0 radical (unpaired) electrons. The Morgan fingerprint density at radius 1 is 1.15 bits per heavy atom. The van der Waals surface area contributed by atoms with Crippen molar-refractivity contribution in [3.63, 3.8) is 0 Å². The number of aryl methyl sites for hydroxylation is 1. The van der Waals surface area contributed by atoms with Crippen LogP contribution in [0.2, 0.25) is 0 Å². The van der Waals surface area contributed by atoms with E-state index in [1.54, 1.807) is 0 Å². The first-order chi connectivity index (χ1) is 9.40. The van der Waals surface area contributed by atoms with E-state index < -0.39 is 0 Å². The van der Waals surface area contributed by atoms with Crippen molar-refractivity contribution in [2.45, 2.75) is 53.1 Å². The number of hydrogen-bond acceptors (Lipinski definition) is 2. The maximum atomic E-state index is 5.87. The molecule has 0 spiro atoms. The van der Waals surface area contributed by atoms with E-state index in [4.69, 9.17) is 4.74 Å². The van der Waals surface area contributed by atoms with Gasteiger partial charge in [0.15, 0.2) is 0 Å². The Bertz CT molecular complexity index is 364. The Morgan fingerprint density at radius 3 is 2.35 bits per heavy atom. The van der Waals surface area contributed by atoms with Gasteiger partial charge in [0.25, 0.3) is 0 Å². The van der Waals surface area contributed by atoms with Gasteiger partial charge in [0.1, 0.15) is 0 Å². The summed E-state index contributed by atoms with van der Waals surface area (Å²) in [7, 11) is 0. The first-order valence-corrected chi connectivity index (χ1v) is 7.81. The summed E-state index contributed by atoms with van der Waals surface area (Å²) in [5.74, 6) is 0.639. The second kappa shape index (κ2) is 8.43. The summed E-state index contributed by atoms with van der Waals surface area (Å²) < 4.78 is 5.87. The maximum Gasteiger partial charge on any atom is 0.0598 e. The lowest BCUT2D eigenvalue weighted by Gasteiger charge is -2.23. The Balaban J connectivity index is 2.48. The van der Waals surface area contributed by atoms with Gasteiger partial charge < -0.3 is 10.1 Å². The van der Waals surface area contributed by atoms with E-state index in [2.05, 4.69) is 64.2 Å². The predicted molar refractivity (Wildman–Crippen MR) is 87.2 cm³/mol. The van der Waals surface area contributed by atoms with Crippen LogP contribution in [-0.2, 0) is 11.2 Å². The lowest BCUT2D eigenvalue weighted by atomic mass is 9.95. The molecule has 1 unspecified atom stereocenters. The molecular weight excluding hydrogens is 246 g/mol. The van der Waals surface area contributed by atoms with Crippen molar-refractivity contribution in [1.29, 1.82) is 0 Å². The molecule has 0 aromatic heterocycles. The van der Waals surface area contributed by atoms with Crippen molar-refractivity contribution < 1.29 is 4.74 Å². The van der Waals surface area contributed by atoms with Crippen LogP contribution in [0, 0.1) is 12.8 Å². The summed E-state index contributed by atoms with van der Waals surface area (Å²) in [6.07, 6.45) is 2.24. The van der Waals surface area contributed by atoms with E-state index >= 15 is 0 Å². The Morgan fingerprint density at radius 2 is 1.80 bits per heavy atom. The summed E-state index contributed by atoms with van der Waals surface area (Å²) in [5, 5.41) is 3.47. The van der Waals surface area contributed by atoms with Gasteiger partial charge in [-0.1, -0.05) is 36.8 Å². The molecule has 0 heterocycles. The minimum atomic E-state index is -0.0351. The lowest BCUT2D eigenvalue weighted by molar-refractivity contribution is -0.00918. The molecule has 1 rings (SSSR count). The van der Waals surface area contributed by atoms with E-state index in [-0.39, 0.29) is 5.60 Å². The van der Waals surface area contributed by atoms with E-state index in [0.29, 0.717) is 5.92 Å². The van der Waals surface area contributed by atoms with Crippen LogP contribution in [0.25, 0.3) is 0 Å². The minimum absolute atomic E-state index is 0.0351. The molecule has 2 nitrogen and oxygen atoms in total. The zero-order valence-electron chi connectivity index (χ0n) is 13.8. The Kier molecular flexibility index (Phi) is 7.25. The highest BCUT2D eigenvalue weighted by Crippen LogP contribution is 2.15. The molecule has 1 aromatic carbocycles. The molecule has 0 saturated carbocycles. The fraction of sp³-hybridized carbons (Fsp3) is 0.667. The zero-order valence-corrected chi connectivity index (χ0v) is 13.8. The molecule has 0 aliphatic heterocycles. The average Bonchev–Trinajstić information content (AvgIpc) is 2.37. The topological polar surface area (TPSA) is 21.3 Å². The largest absolute Gasteiger partial charge is 0.376 e. The second-order valence-electron chi connectivity index (χ2n) is 6.61. The lowest BCUT2D eigenvalue weighted by Crippen LogP contribution is -2.27.